The summed E-state index contributed by atoms with van der Waals surface area (Å²) in [5, 5.41) is 3.40. The minimum absolute atomic E-state index is 0. The number of nitrogens with zero attached hydrogens (tertiary/aromatic N) is 2. The van der Waals surface area contributed by atoms with Gasteiger partial charge in [-0.05, 0) is 51.6 Å². The molecule has 2 aliphatic heterocycles. The van der Waals surface area contributed by atoms with Crippen molar-refractivity contribution in [3.05, 3.63) is 0 Å². The van der Waals surface area contributed by atoms with Gasteiger partial charge in [0.25, 0.3) is 0 Å². The fraction of sp³-hybridized carbons (Fsp3) is 0.944. The Kier molecular flexibility index (Phi) is 13.1. The maximum Gasteiger partial charge on any atom is 0.222 e. The zero-order chi connectivity index (χ0) is 16.7. The minimum atomic E-state index is 0. The molecule has 0 aliphatic carbocycles. The van der Waals surface area contributed by atoms with Gasteiger partial charge in [-0.3, -0.25) is 9.69 Å². The Hall–Kier alpha value is -0.0700. The molecule has 2 fully saturated rings. The van der Waals surface area contributed by atoms with Gasteiger partial charge in [0, 0.05) is 39.1 Å². The SMILES string of the molecule is CC(C)OCCN1CCN(C(=O)CC(C)C2CCNCC2)CC1.Cl.Cl. The Morgan fingerprint density at radius 1 is 1.08 bits per heavy atom. The van der Waals surface area contributed by atoms with E-state index in [-0.39, 0.29) is 24.8 Å². The van der Waals surface area contributed by atoms with Gasteiger partial charge in [0.2, 0.25) is 5.91 Å². The molecule has 7 heteroatoms. The molecule has 0 aromatic rings. The second kappa shape index (κ2) is 13.2. The first-order chi connectivity index (χ1) is 11.1. The first-order valence-corrected chi connectivity index (χ1v) is 9.38. The van der Waals surface area contributed by atoms with Crippen LogP contribution in [0.5, 0.6) is 0 Å². The summed E-state index contributed by atoms with van der Waals surface area (Å²) in [6, 6.07) is 0. The van der Waals surface area contributed by atoms with Crippen LogP contribution in [0.2, 0.25) is 0 Å². The number of piperidine rings is 1. The molecule has 0 aromatic heterocycles. The summed E-state index contributed by atoms with van der Waals surface area (Å²) < 4.78 is 5.61. The van der Waals surface area contributed by atoms with Crippen LogP contribution in [-0.2, 0) is 9.53 Å². The molecule has 2 aliphatic rings. The molecule has 2 saturated heterocycles. The standard InChI is InChI=1S/C18H35N3O2.2ClH/c1-15(2)23-13-12-20-8-10-21(11-9-20)18(22)14-16(3)17-4-6-19-7-5-17;;/h15-17,19H,4-14H2,1-3H3;2*1H. The molecule has 0 spiro atoms. The first kappa shape index (κ1) is 24.9. The predicted octanol–water partition coefficient (Wildman–Crippen LogP) is 2.43. The highest BCUT2D eigenvalue weighted by Gasteiger charge is 2.26. The second-order valence-electron chi connectivity index (χ2n) is 7.41. The lowest BCUT2D eigenvalue weighted by molar-refractivity contribution is -0.134. The van der Waals surface area contributed by atoms with Crippen LogP contribution in [0.3, 0.4) is 0 Å². The molecule has 2 heterocycles. The van der Waals surface area contributed by atoms with E-state index in [2.05, 4.69) is 35.9 Å². The number of halogens is 2. The Labute approximate surface area is 166 Å². The number of hydrogen-bond donors (Lipinski definition) is 1. The highest BCUT2D eigenvalue weighted by atomic mass is 35.5. The summed E-state index contributed by atoms with van der Waals surface area (Å²) in [5.41, 5.74) is 0. The molecule has 0 saturated carbocycles. The third-order valence-electron chi connectivity index (χ3n) is 5.27. The Morgan fingerprint density at radius 3 is 2.24 bits per heavy atom. The van der Waals surface area contributed by atoms with E-state index < -0.39 is 0 Å². The van der Waals surface area contributed by atoms with E-state index in [1.807, 2.05) is 0 Å². The Bertz CT molecular complexity index is 358. The van der Waals surface area contributed by atoms with Gasteiger partial charge in [0.05, 0.1) is 12.7 Å². The number of hydrogen-bond acceptors (Lipinski definition) is 4. The molecule has 0 aromatic carbocycles. The van der Waals surface area contributed by atoms with Crippen LogP contribution in [0, 0.1) is 11.8 Å². The highest BCUT2D eigenvalue weighted by molar-refractivity contribution is 5.85. The Balaban J connectivity index is 0.00000288. The molecule has 5 nitrogen and oxygen atoms in total. The summed E-state index contributed by atoms with van der Waals surface area (Å²) in [7, 11) is 0. The molecule has 2 rings (SSSR count). The topological polar surface area (TPSA) is 44.8 Å². The highest BCUT2D eigenvalue weighted by Crippen LogP contribution is 2.25. The minimum Gasteiger partial charge on any atom is -0.377 e. The number of rotatable bonds is 7. The van der Waals surface area contributed by atoms with Crippen molar-refractivity contribution in [3.8, 4) is 0 Å². The molecule has 25 heavy (non-hydrogen) atoms. The molecule has 0 radical (unpaired) electrons. The van der Waals surface area contributed by atoms with E-state index in [9.17, 15) is 4.79 Å². The van der Waals surface area contributed by atoms with Crippen LogP contribution in [-0.4, -0.2) is 74.2 Å². The molecular weight excluding hydrogens is 361 g/mol. The fourth-order valence-corrected chi connectivity index (χ4v) is 3.62. The lowest BCUT2D eigenvalue weighted by Gasteiger charge is -2.36. The number of amides is 1. The molecule has 150 valence electrons. The van der Waals surface area contributed by atoms with E-state index in [4.69, 9.17) is 4.74 Å². The van der Waals surface area contributed by atoms with E-state index in [0.717, 1.165) is 64.8 Å². The van der Waals surface area contributed by atoms with Crippen LogP contribution >= 0.6 is 24.8 Å². The summed E-state index contributed by atoms with van der Waals surface area (Å²) in [5.74, 6) is 1.59. The van der Waals surface area contributed by atoms with Crippen molar-refractivity contribution in [2.24, 2.45) is 11.8 Å². The van der Waals surface area contributed by atoms with Gasteiger partial charge >= 0.3 is 0 Å². The molecule has 1 amide bonds. The van der Waals surface area contributed by atoms with Crippen LogP contribution in [0.4, 0.5) is 0 Å². The summed E-state index contributed by atoms with van der Waals surface area (Å²) >= 11 is 0. The average Bonchev–Trinajstić information content (AvgIpc) is 2.56. The molecule has 1 unspecified atom stereocenters. The number of piperazine rings is 1. The number of ether oxygens (including phenoxy) is 1. The summed E-state index contributed by atoms with van der Waals surface area (Å²) in [6.45, 7) is 14.1. The second-order valence-corrected chi connectivity index (χ2v) is 7.41. The van der Waals surface area contributed by atoms with Gasteiger partial charge in [0.15, 0.2) is 0 Å². The van der Waals surface area contributed by atoms with Gasteiger partial charge in [-0.15, -0.1) is 24.8 Å². The van der Waals surface area contributed by atoms with Crippen molar-refractivity contribution >= 4 is 30.7 Å². The smallest absolute Gasteiger partial charge is 0.222 e. The van der Waals surface area contributed by atoms with Crippen LogP contribution in [0.1, 0.15) is 40.0 Å². The third kappa shape index (κ3) is 8.91. The van der Waals surface area contributed by atoms with Crippen molar-refractivity contribution in [3.63, 3.8) is 0 Å². The lowest BCUT2D eigenvalue weighted by atomic mass is 9.84. The van der Waals surface area contributed by atoms with Crippen molar-refractivity contribution < 1.29 is 9.53 Å². The predicted molar refractivity (Wildman–Crippen MR) is 108 cm³/mol. The van der Waals surface area contributed by atoms with Crippen molar-refractivity contribution in [1.29, 1.82) is 0 Å². The van der Waals surface area contributed by atoms with Crippen LogP contribution in [0.15, 0.2) is 0 Å². The molecule has 1 N–H and O–H groups in total. The molecular formula is C18H37Cl2N3O2. The maximum atomic E-state index is 12.5. The number of carbonyl (C=O) groups excluding carboxylic acids is 1. The monoisotopic (exact) mass is 397 g/mol. The quantitative estimate of drug-likeness (QED) is 0.716. The van der Waals surface area contributed by atoms with E-state index >= 15 is 0 Å². The van der Waals surface area contributed by atoms with E-state index in [1.165, 1.54) is 12.8 Å². The zero-order valence-electron chi connectivity index (χ0n) is 16.0. The fourth-order valence-electron chi connectivity index (χ4n) is 3.62. The van der Waals surface area contributed by atoms with Gasteiger partial charge in [0.1, 0.15) is 0 Å². The Morgan fingerprint density at radius 2 is 1.68 bits per heavy atom. The van der Waals surface area contributed by atoms with Crippen molar-refractivity contribution in [2.75, 3.05) is 52.4 Å². The van der Waals surface area contributed by atoms with Gasteiger partial charge < -0.3 is 15.0 Å². The third-order valence-corrected chi connectivity index (χ3v) is 5.27. The zero-order valence-corrected chi connectivity index (χ0v) is 17.7. The van der Waals surface area contributed by atoms with Gasteiger partial charge in [-0.25, -0.2) is 0 Å². The van der Waals surface area contributed by atoms with Crippen LogP contribution in [0.25, 0.3) is 0 Å². The number of carbonyl (C=O) groups is 1. The average molecular weight is 398 g/mol. The molecule has 0 bridgehead atoms. The van der Waals surface area contributed by atoms with Gasteiger partial charge in [-0.2, -0.15) is 0 Å². The summed E-state index contributed by atoms with van der Waals surface area (Å²) in [4.78, 5) is 17.0. The van der Waals surface area contributed by atoms with E-state index in [1.54, 1.807) is 0 Å². The van der Waals surface area contributed by atoms with Crippen molar-refractivity contribution in [2.45, 2.75) is 46.1 Å². The van der Waals surface area contributed by atoms with E-state index in [0.29, 0.717) is 17.9 Å². The maximum absolute atomic E-state index is 12.5. The van der Waals surface area contributed by atoms with Crippen molar-refractivity contribution in [1.82, 2.24) is 15.1 Å². The van der Waals surface area contributed by atoms with Crippen LogP contribution < -0.4 is 5.32 Å². The first-order valence-electron chi connectivity index (χ1n) is 9.38. The number of nitrogens with one attached hydrogen (secondary N) is 1. The summed E-state index contributed by atoms with van der Waals surface area (Å²) in [6.07, 6.45) is 3.46. The largest absolute Gasteiger partial charge is 0.377 e. The van der Waals surface area contributed by atoms with Gasteiger partial charge in [-0.1, -0.05) is 6.92 Å². The molecule has 1 atom stereocenters. The lowest BCUT2D eigenvalue weighted by Crippen LogP contribution is -2.50. The normalized spacial score (nSPS) is 20.7.